The maximum atomic E-state index is 5.76. The minimum Gasteiger partial charge on any atom is -0.104 e. The molecule has 1 aromatic carbocycles. The van der Waals surface area contributed by atoms with Gasteiger partial charge in [-0.2, -0.15) is 0 Å². The Bertz CT molecular complexity index is 220. The molecule has 0 bridgehead atoms. The largest absolute Gasteiger partial charge is 0.104 e. The van der Waals surface area contributed by atoms with Crippen LogP contribution in [-0.4, -0.2) is 0 Å². The van der Waals surface area contributed by atoms with Gasteiger partial charge in [-0.25, -0.2) is 0 Å². The van der Waals surface area contributed by atoms with Crippen molar-refractivity contribution in [1.82, 2.24) is 0 Å². The fourth-order valence-electron chi connectivity index (χ4n) is 0.663. The van der Waals surface area contributed by atoms with E-state index in [0.717, 1.165) is 10.3 Å². The summed E-state index contributed by atoms with van der Waals surface area (Å²) < 4.78 is 0. The summed E-state index contributed by atoms with van der Waals surface area (Å²) in [7, 11) is 2.59. The lowest BCUT2D eigenvalue weighted by Crippen LogP contribution is -1.91. The Hall–Kier alpha value is -0.0600. The average molecular weight is 159 g/mol. The first kappa shape index (κ1) is 7.05. The highest BCUT2D eigenvalue weighted by atomic mass is 35.5. The van der Waals surface area contributed by atoms with E-state index in [0.29, 0.717) is 0 Å². The maximum absolute atomic E-state index is 5.76. The van der Waals surface area contributed by atoms with Gasteiger partial charge in [0.05, 0.1) is 0 Å². The van der Waals surface area contributed by atoms with E-state index >= 15 is 0 Å². The van der Waals surface area contributed by atoms with Crippen molar-refractivity contribution >= 4 is 26.1 Å². The molecule has 48 valence electrons. The van der Waals surface area contributed by atoms with E-state index in [1.807, 2.05) is 25.1 Å². The van der Waals surface area contributed by atoms with Crippen LogP contribution in [0.15, 0.2) is 18.2 Å². The molecule has 1 aromatic rings. The van der Waals surface area contributed by atoms with Crippen molar-refractivity contribution in [2.45, 2.75) is 6.92 Å². The van der Waals surface area contributed by atoms with Crippen molar-refractivity contribution < 1.29 is 0 Å². The van der Waals surface area contributed by atoms with Gasteiger partial charge in [0.25, 0.3) is 0 Å². The Morgan fingerprint density at radius 3 is 2.56 bits per heavy atom. The third-order valence-electron chi connectivity index (χ3n) is 1.15. The summed E-state index contributed by atoms with van der Waals surface area (Å²) in [5.41, 5.74) is 1.24. The molecule has 0 aliphatic rings. The summed E-state index contributed by atoms with van der Waals surface area (Å²) in [5, 5.41) is 1.88. The lowest BCUT2D eigenvalue weighted by Gasteiger charge is -1.96. The number of hydrogen-bond donors (Lipinski definition) is 0. The Kier molecular flexibility index (Phi) is 2.10. The molecule has 0 amide bonds. The first-order valence-electron chi connectivity index (χ1n) is 2.72. The molecule has 0 nitrogen and oxygen atoms in total. The van der Waals surface area contributed by atoms with Crippen LogP contribution in [0.5, 0.6) is 0 Å². The predicted molar refractivity (Wildman–Crippen MR) is 45.5 cm³/mol. The van der Waals surface area contributed by atoms with Crippen molar-refractivity contribution in [3.63, 3.8) is 0 Å². The van der Waals surface area contributed by atoms with Crippen LogP contribution in [0.25, 0.3) is 0 Å². The Morgan fingerprint density at radius 2 is 2.11 bits per heavy atom. The van der Waals surface area contributed by atoms with Crippen LogP contribution in [0.1, 0.15) is 5.56 Å². The van der Waals surface area contributed by atoms with Gasteiger partial charge in [-0.3, -0.25) is 0 Å². The highest BCUT2D eigenvalue weighted by molar-refractivity contribution is 7.28. The standard InChI is InChI=1S/C7H8ClP/c1-5-2-3-6(8)7(9)4-5/h2-4H,9H2,1H3. The molecule has 0 saturated heterocycles. The van der Waals surface area contributed by atoms with Crippen LogP contribution in [-0.2, 0) is 0 Å². The summed E-state index contributed by atoms with van der Waals surface area (Å²) >= 11 is 5.76. The van der Waals surface area contributed by atoms with Crippen molar-refractivity contribution in [2.75, 3.05) is 0 Å². The molecule has 0 aliphatic carbocycles. The molecule has 1 rings (SSSR count). The molecule has 0 N–H and O–H groups in total. The van der Waals surface area contributed by atoms with Crippen molar-refractivity contribution in [2.24, 2.45) is 0 Å². The fraction of sp³-hybridized carbons (Fsp3) is 0.143. The monoisotopic (exact) mass is 158 g/mol. The second-order valence-corrected chi connectivity index (χ2v) is 3.05. The number of rotatable bonds is 0. The van der Waals surface area contributed by atoms with Gasteiger partial charge in [0.1, 0.15) is 0 Å². The van der Waals surface area contributed by atoms with E-state index in [-0.39, 0.29) is 0 Å². The highest BCUT2D eigenvalue weighted by Gasteiger charge is 1.91. The van der Waals surface area contributed by atoms with Gasteiger partial charge in [-0.1, -0.05) is 29.3 Å². The molecular weight excluding hydrogens is 151 g/mol. The zero-order chi connectivity index (χ0) is 6.85. The summed E-state index contributed by atoms with van der Waals surface area (Å²) in [6.07, 6.45) is 0. The first-order chi connectivity index (χ1) is 4.20. The first-order valence-corrected chi connectivity index (χ1v) is 3.67. The average Bonchev–Trinajstić information content (AvgIpc) is 1.80. The van der Waals surface area contributed by atoms with Crippen LogP contribution in [0, 0.1) is 6.92 Å². The fourth-order valence-corrected chi connectivity index (χ4v) is 1.14. The number of aryl methyl sites for hydroxylation is 1. The van der Waals surface area contributed by atoms with Gasteiger partial charge in [0, 0.05) is 5.02 Å². The van der Waals surface area contributed by atoms with Gasteiger partial charge >= 0.3 is 0 Å². The molecule has 0 aliphatic heterocycles. The van der Waals surface area contributed by atoms with Crippen molar-refractivity contribution in [1.29, 1.82) is 0 Å². The van der Waals surface area contributed by atoms with E-state index in [1.54, 1.807) is 0 Å². The SMILES string of the molecule is Cc1ccc(Cl)c(P)c1. The lowest BCUT2D eigenvalue weighted by molar-refractivity contribution is 1.50. The second-order valence-electron chi connectivity index (χ2n) is 2.02. The van der Waals surface area contributed by atoms with Gasteiger partial charge in [-0.05, 0) is 18.3 Å². The zero-order valence-electron chi connectivity index (χ0n) is 5.19. The normalized spacial score (nSPS) is 9.67. The summed E-state index contributed by atoms with van der Waals surface area (Å²) in [6, 6.07) is 5.93. The quantitative estimate of drug-likeness (QED) is 0.508. The van der Waals surface area contributed by atoms with Crippen molar-refractivity contribution in [3.8, 4) is 0 Å². The second kappa shape index (κ2) is 2.68. The van der Waals surface area contributed by atoms with E-state index < -0.39 is 0 Å². The Balaban J connectivity index is 3.17. The smallest absolute Gasteiger partial charge is 0.0477 e. The molecule has 0 aromatic heterocycles. The number of halogens is 1. The summed E-state index contributed by atoms with van der Waals surface area (Å²) in [6.45, 7) is 2.05. The van der Waals surface area contributed by atoms with Crippen LogP contribution in [0.3, 0.4) is 0 Å². The zero-order valence-corrected chi connectivity index (χ0v) is 7.10. The van der Waals surface area contributed by atoms with Gasteiger partial charge in [-0.15, -0.1) is 9.24 Å². The molecule has 9 heavy (non-hydrogen) atoms. The molecule has 0 fully saturated rings. The van der Waals surface area contributed by atoms with Gasteiger partial charge in [0.15, 0.2) is 0 Å². The summed E-state index contributed by atoms with van der Waals surface area (Å²) in [5.74, 6) is 0. The van der Waals surface area contributed by atoms with Crippen molar-refractivity contribution in [3.05, 3.63) is 28.8 Å². The Labute approximate surface area is 62.4 Å². The van der Waals surface area contributed by atoms with Crippen LogP contribution in [0.4, 0.5) is 0 Å². The molecule has 0 radical (unpaired) electrons. The number of benzene rings is 1. The van der Waals surface area contributed by atoms with Gasteiger partial charge < -0.3 is 0 Å². The molecule has 0 saturated carbocycles. The van der Waals surface area contributed by atoms with E-state index in [4.69, 9.17) is 11.6 Å². The molecule has 1 unspecified atom stereocenters. The van der Waals surface area contributed by atoms with E-state index in [2.05, 4.69) is 9.24 Å². The molecule has 0 spiro atoms. The van der Waals surface area contributed by atoms with Crippen LogP contribution in [0.2, 0.25) is 5.02 Å². The van der Waals surface area contributed by atoms with Crippen LogP contribution < -0.4 is 5.30 Å². The lowest BCUT2D eigenvalue weighted by atomic mass is 10.2. The minimum absolute atomic E-state index is 0.811. The Morgan fingerprint density at radius 1 is 1.44 bits per heavy atom. The third-order valence-corrected chi connectivity index (χ3v) is 2.16. The molecular formula is C7H8ClP. The topological polar surface area (TPSA) is 0 Å². The summed E-state index contributed by atoms with van der Waals surface area (Å²) in [4.78, 5) is 0. The van der Waals surface area contributed by atoms with E-state index in [9.17, 15) is 0 Å². The maximum Gasteiger partial charge on any atom is 0.0477 e. The van der Waals surface area contributed by atoms with Crippen LogP contribution >= 0.6 is 20.8 Å². The predicted octanol–water partition coefficient (Wildman–Crippen LogP) is 2.15. The molecule has 0 heterocycles. The highest BCUT2D eigenvalue weighted by Crippen LogP contribution is 2.09. The number of hydrogen-bond acceptors (Lipinski definition) is 0. The molecule has 1 atom stereocenters. The molecule has 2 heteroatoms. The minimum atomic E-state index is 0.811. The third kappa shape index (κ3) is 1.67. The van der Waals surface area contributed by atoms with E-state index in [1.165, 1.54) is 5.56 Å². The van der Waals surface area contributed by atoms with Gasteiger partial charge in [0.2, 0.25) is 0 Å².